The maximum Gasteiger partial charge on any atom is 0.324 e. The van der Waals surface area contributed by atoms with Crippen molar-refractivity contribution in [1.82, 2.24) is 14.7 Å². The van der Waals surface area contributed by atoms with E-state index in [9.17, 15) is 15.0 Å². The number of ether oxygens (including phenoxy) is 2. The molecule has 4 N–H and O–H groups in total. The predicted octanol–water partition coefficient (Wildman–Crippen LogP) is 4.66. The normalized spacial score (nSPS) is 14.4. The number of benzene rings is 3. The zero-order chi connectivity index (χ0) is 29.0. The van der Waals surface area contributed by atoms with E-state index in [0.29, 0.717) is 29.4 Å². The second-order valence-electron chi connectivity index (χ2n) is 11.1. The van der Waals surface area contributed by atoms with Gasteiger partial charge in [0.1, 0.15) is 18.2 Å². The van der Waals surface area contributed by atoms with Crippen molar-refractivity contribution in [2.45, 2.75) is 32.5 Å². The lowest BCUT2D eigenvalue weighted by molar-refractivity contribution is -0.0424. The van der Waals surface area contributed by atoms with E-state index in [4.69, 9.17) is 14.6 Å². The Balaban J connectivity index is 1.34. The van der Waals surface area contributed by atoms with Crippen molar-refractivity contribution in [2.24, 2.45) is 0 Å². The Kier molecular flexibility index (Phi) is 8.55. The maximum absolute atomic E-state index is 13.3. The number of amides is 2. The number of urea groups is 1. The van der Waals surface area contributed by atoms with Crippen LogP contribution in [0.3, 0.4) is 0 Å². The SMILES string of the molecule is CC(C)(C)c1cc(NC(=O)Nc2ccc(OCCN3CCOCC3)c3ccccc23)n(-c2ccc(C(O)O)cc2)n1. The molecule has 216 valence electrons. The van der Waals surface area contributed by atoms with Gasteiger partial charge in [0.05, 0.1) is 30.3 Å². The smallest absolute Gasteiger partial charge is 0.324 e. The fraction of sp³-hybridized carbons (Fsp3) is 0.355. The zero-order valence-corrected chi connectivity index (χ0v) is 23.6. The van der Waals surface area contributed by atoms with Crippen molar-refractivity contribution in [1.29, 1.82) is 0 Å². The molecular formula is C31H37N5O5. The van der Waals surface area contributed by atoms with Crippen LogP contribution < -0.4 is 15.4 Å². The molecule has 2 heterocycles. The monoisotopic (exact) mass is 559 g/mol. The van der Waals surface area contributed by atoms with Crippen LogP contribution in [-0.2, 0) is 10.2 Å². The molecule has 1 aromatic heterocycles. The van der Waals surface area contributed by atoms with Crippen LogP contribution in [0.5, 0.6) is 5.75 Å². The van der Waals surface area contributed by atoms with Gasteiger partial charge in [0.15, 0.2) is 6.29 Å². The molecule has 5 rings (SSSR count). The fourth-order valence-electron chi connectivity index (χ4n) is 4.71. The minimum atomic E-state index is -1.56. The topological polar surface area (TPSA) is 121 Å². The van der Waals surface area contributed by atoms with Crippen LogP contribution in [-0.4, -0.2) is 70.4 Å². The van der Waals surface area contributed by atoms with Gasteiger partial charge in [-0.1, -0.05) is 57.2 Å². The predicted molar refractivity (Wildman–Crippen MR) is 159 cm³/mol. The number of anilines is 2. The standard InChI is InChI=1S/C31H37N5O5/c1-31(2,3)27-20-28(36(34-27)22-10-8-21(9-11-22)29(37)38)33-30(39)32-25-12-13-26(24-7-5-4-6-23(24)25)41-19-16-35-14-17-40-18-15-35/h4-13,20,29,37-38H,14-19H2,1-3H3,(H2,32,33,39). The molecule has 0 saturated carbocycles. The number of aliphatic hydroxyl groups excluding tert-OH is 1. The first-order valence-corrected chi connectivity index (χ1v) is 13.8. The number of carbonyl (C=O) groups is 1. The Bertz CT molecular complexity index is 1490. The number of nitrogens with one attached hydrogen (secondary N) is 2. The third-order valence-electron chi connectivity index (χ3n) is 7.06. The third kappa shape index (κ3) is 6.86. The molecule has 10 heteroatoms. The van der Waals surface area contributed by atoms with E-state index >= 15 is 0 Å². The molecule has 0 unspecified atom stereocenters. The first-order valence-electron chi connectivity index (χ1n) is 13.8. The number of hydrogen-bond acceptors (Lipinski definition) is 7. The third-order valence-corrected chi connectivity index (χ3v) is 7.06. The summed E-state index contributed by atoms with van der Waals surface area (Å²) in [5, 5.41) is 31.3. The zero-order valence-electron chi connectivity index (χ0n) is 23.6. The van der Waals surface area contributed by atoms with E-state index in [1.165, 1.54) is 0 Å². The molecule has 1 saturated heterocycles. The van der Waals surface area contributed by atoms with Crippen molar-refractivity contribution in [3.63, 3.8) is 0 Å². The largest absolute Gasteiger partial charge is 0.492 e. The highest BCUT2D eigenvalue weighted by Crippen LogP contribution is 2.32. The van der Waals surface area contributed by atoms with Crippen LogP contribution >= 0.6 is 0 Å². The summed E-state index contributed by atoms with van der Waals surface area (Å²) in [7, 11) is 0. The van der Waals surface area contributed by atoms with E-state index in [2.05, 4.69) is 15.5 Å². The molecule has 2 amide bonds. The molecule has 3 aromatic carbocycles. The van der Waals surface area contributed by atoms with Gasteiger partial charge in [-0.2, -0.15) is 5.10 Å². The minimum Gasteiger partial charge on any atom is -0.492 e. The van der Waals surface area contributed by atoms with Crippen LogP contribution in [0.25, 0.3) is 16.5 Å². The number of nitrogens with zero attached hydrogens (tertiary/aromatic N) is 3. The van der Waals surface area contributed by atoms with Crippen molar-refractivity contribution in [3.8, 4) is 11.4 Å². The summed E-state index contributed by atoms with van der Waals surface area (Å²) < 4.78 is 13.2. The minimum absolute atomic E-state index is 0.257. The van der Waals surface area contributed by atoms with Gasteiger partial charge >= 0.3 is 6.03 Å². The van der Waals surface area contributed by atoms with Gasteiger partial charge in [-0.3, -0.25) is 10.2 Å². The lowest BCUT2D eigenvalue weighted by atomic mass is 9.92. The van der Waals surface area contributed by atoms with Gasteiger partial charge in [0.25, 0.3) is 0 Å². The Labute approximate surface area is 239 Å². The van der Waals surface area contributed by atoms with Crippen molar-refractivity contribution >= 4 is 28.3 Å². The molecule has 0 bridgehead atoms. The highest BCUT2D eigenvalue weighted by Gasteiger charge is 2.22. The summed E-state index contributed by atoms with van der Waals surface area (Å²) in [5.41, 5.74) is 2.23. The van der Waals surface area contributed by atoms with Crippen LogP contribution in [0.2, 0.25) is 0 Å². The molecule has 1 fully saturated rings. The number of morpholine rings is 1. The Morgan fingerprint density at radius 1 is 1.00 bits per heavy atom. The number of hydrogen-bond donors (Lipinski definition) is 4. The fourth-order valence-corrected chi connectivity index (χ4v) is 4.71. The number of carbonyl (C=O) groups excluding carboxylic acids is 1. The lowest BCUT2D eigenvalue weighted by Crippen LogP contribution is -2.38. The van der Waals surface area contributed by atoms with Crippen LogP contribution in [0, 0.1) is 0 Å². The molecule has 4 aromatic rings. The molecule has 1 aliphatic heterocycles. The molecule has 0 aliphatic carbocycles. The van der Waals surface area contributed by atoms with Crippen LogP contribution in [0.4, 0.5) is 16.3 Å². The van der Waals surface area contributed by atoms with Gasteiger partial charge in [-0.15, -0.1) is 0 Å². The number of rotatable bonds is 8. The summed E-state index contributed by atoms with van der Waals surface area (Å²) >= 11 is 0. The van der Waals surface area contributed by atoms with Crippen LogP contribution in [0.15, 0.2) is 66.7 Å². The Morgan fingerprint density at radius 2 is 1.71 bits per heavy atom. The van der Waals surface area contributed by atoms with E-state index in [1.54, 1.807) is 28.9 Å². The molecule has 41 heavy (non-hydrogen) atoms. The Morgan fingerprint density at radius 3 is 2.39 bits per heavy atom. The molecular weight excluding hydrogens is 522 g/mol. The van der Waals surface area contributed by atoms with E-state index in [1.807, 2.05) is 63.2 Å². The summed E-state index contributed by atoms with van der Waals surface area (Å²) in [6.45, 7) is 10.9. The van der Waals surface area contributed by atoms with Gasteiger partial charge in [-0.25, -0.2) is 9.48 Å². The summed E-state index contributed by atoms with van der Waals surface area (Å²) in [5.74, 6) is 1.25. The number of aromatic nitrogens is 2. The van der Waals surface area contributed by atoms with Gasteiger partial charge < -0.3 is 25.0 Å². The maximum atomic E-state index is 13.3. The molecule has 1 aliphatic rings. The molecule has 0 atom stereocenters. The van der Waals surface area contributed by atoms with Gasteiger partial charge in [0.2, 0.25) is 0 Å². The first-order chi connectivity index (χ1) is 19.7. The van der Waals surface area contributed by atoms with Crippen LogP contribution in [0.1, 0.15) is 38.3 Å². The summed E-state index contributed by atoms with van der Waals surface area (Å²) in [6, 6.07) is 19.7. The first kappa shape index (κ1) is 28.6. The quantitative estimate of drug-likeness (QED) is 0.232. The molecule has 10 nitrogen and oxygen atoms in total. The summed E-state index contributed by atoms with van der Waals surface area (Å²) in [4.78, 5) is 15.6. The highest BCUT2D eigenvalue weighted by atomic mass is 16.5. The van der Waals surface area contributed by atoms with Crippen molar-refractivity contribution in [2.75, 3.05) is 50.1 Å². The van der Waals surface area contributed by atoms with E-state index < -0.39 is 12.3 Å². The Hall–Kier alpha value is -3.96. The van der Waals surface area contributed by atoms with Gasteiger partial charge in [-0.05, 0) is 24.3 Å². The van der Waals surface area contributed by atoms with Crippen molar-refractivity contribution < 1.29 is 24.5 Å². The van der Waals surface area contributed by atoms with E-state index in [0.717, 1.165) is 55.1 Å². The highest BCUT2D eigenvalue weighted by molar-refractivity contribution is 6.07. The lowest BCUT2D eigenvalue weighted by Gasteiger charge is -2.26. The molecule has 0 radical (unpaired) electrons. The average molecular weight is 560 g/mol. The molecule has 0 spiro atoms. The number of fused-ring (bicyclic) bond motifs is 1. The average Bonchev–Trinajstić information content (AvgIpc) is 3.39. The summed E-state index contributed by atoms with van der Waals surface area (Å²) in [6.07, 6.45) is -1.56. The number of aliphatic hydroxyl groups is 2. The second kappa shape index (κ2) is 12.3. The van der Waals surface area contributed by atoms with Crippen molar-refractivity contribution in [3.05, 3.63) is 78.0 Å². The van der Waals surface area contributed by atoms with Gasteiger partial charge in [0, 0.05) is 47.5 Å². The second-order valence-corrected chi connectivity index (χ2v) is 11.1. The van der Waals surface area contributed by atoms with E-state index in [-0.39, 0.29) is 5.41 Å².